The van der Waals surface area contributed by atoms with Crippen LogP contribution in [0.5, 0.6) is 0 Å². The van der Waals surface area contributed by atoms with Gasteiger partial charge in [-0.3, -0.25) is 9.59 Å². The van der Waals surface area contributed by atoms with Crippen LogP contribution < -0.4 is 10.6 Å². The van der Waals surface area contributed by atoms with Crippen molar-refractivity contribution < 1.29 is 9.59 Å². The van der Waals surface area contributed by atoms with Gasteiger partial charge in [0.2, 0.25) is 5.91 Å². The lowest BCUT2D eigenvalue weighted by Crippen LogP contribution is -2.34. The van der Waals surface area contributed by atoms with E-state index < -0.39 is 0 Å². The number of benzene rings is 1. The van der Waals surface area contributed by atoms with Gasteiger partial charge >= 0.3 is 0 Å². The summed E-state index contributed by atoms with van der Waals surface area (Å²) in [6.45, 7) is 2.91. The van der Waals surface area contributed by atoms with E-state index in [1.807, 2.05) is 6.92 Å². The number of aromatic amines is 1. The minimum absolute atomic E-state index is 0.0324. The van der Waals surface area contributed by atoms with E-state index in [0.717, 1.165) is 23.9 Å². The van der Waals surface area contributed by atoms with Crippen molar-refractivity contribution in [1.29, 1.82) is 0 Å². The molecule has 6 nitrogen and oxygen atoms in total. The van der Waals surface area contributed by atoms with Crippen LogP contribution in [0.2, 0.25) is 0 Å². The Hall–Kier alpha value is -2.37. The van der Waals surface area contributed by atoms with Gasteiger partial charge in [-0.05, 0) is 24.6 Å². The third kappa shape index (κ3) is 4.30. The van der Waals surface area contributed by atoms with Crippen LogP contribution in [-0.2, 0) is 4.79 Å². The number of imidazole rings is 1. The second-order valence-electron chi connectivity index (χ2n) is 4.84. The quantitative estimate of drug-likeness (QED) is 0.676. The number of carbonyl (C=O) groups excluding carboxylic acids is 2. The summed E-state index contributed by atoms with van der Waals surface area (Å²) < 4.78 is 0. The number of aromatic nitrogens is 2. The van der Waals surface area contributed by atoms with Crippen molar-refractivity contribution in [1.82, 2.24) is 20.6 Å². The summed E-state index contributed by atoms with van der Waals surface area (Å²) in [5.74, 6) is -0.126. The minimum atomic E-state index is -0.158. The number of nitrogens with zero attached hydrogens (tertiary/aromatic N) is 1. The highest BCUT2D eigenvalue weighted by molar-refractivity contribution is 5.97. The minimum Gasteiger partial charge on any atom is -0.354 e. The van der Waals surface area contributed by atoms with Crippen molar-refractivity contribution in [2.75, 3.05) is 13.1 Å². The molecule has 1 aromatic carbocycles. The fourth-order valence-corrected chi connectivity index (χ4v) is 1.98. The molecule has 112 valence electrons. The summed E-state index contributed by atoms with van der Waals surface area (Å²) in [6.07, 6.45) is 4.03. The Morgan fingerprint density at radius 1 is 1.24 bits per heavy atom. The molecule has 3 N–H and O–H groups in total. The van der Waals surface area contributed by atoms with Crippen LogP contribution in [0.25, 0.3) is 11.0 Å². The number of unbranched alkanes of at least 4 members (excludes halogenated alkanes) is 1. The molecule has 1 heterocycles. The fourth-order valence-electron chi connectivity index (χ4n) is 1.98. The van der Waals surface area contributed by atoms with Crippen LogP contribution in [-0.4, -0.2) is 34.9 Å². The normalized spacial score (nSPS) is 10.5. The molecule has 0 bridgehead atoms. The SMILES string of the molecule is CCCCC(=O)NCCNC(=O)c1ccc2nc[nH]c2c1. The average molecular weight is 288 g/mol. The lowest BCUT2D eigenvalue weighted by molar-refractivity contribution is -0.121. The van der Waals surface area contributed by atoms with Gasteiger partial charge in [0, 0.05) is 25.1 Å². The zero-order chi connectivity index (χ0) is 15.1. The van der Waals surface area contributed by atoms with Gasteiger partial charge in [-0.25, -0.2) is 4.98 Å². The fraction of sp³-hybridized carbons (Fsp3) is 0.400. The molecule has 0 atom stereocenters. The largest absolute Gasteiger partial charge is 0.354 e. The maximum absolute atomic E-state index is 12.0. The lowest BCUT2D eigenvalue weighted by Gasteiger charge is -2.07. The first kappa shape index (κ1) is 15.0. The van der Waals surface area contributed by atoms with Crippen molar-refractivity contribution in [3.05, 3.63) is 30.1 Å². The van der Waals surface area contributed by atoms with Crippen LogP contribution >= 0.6 is 0 Å². The molecule has 2 amide bonds. The number of amides is 2. The van der Waals surface area contributed by atoms with Crippen molar-refractivity contribution in [2.45, 2.75) is 26.2 Å². The van der Waals surface area contributed by atoms with Crippen LogP contribution in [0, 0.1) is 0 Å². The number of nitrogens with one attached hydrogen (secondary N) is 3. The Bertz CT molecular complexity index is 621. The summed E-state index contributed by atoms with van der Waals surface area (Å²) in [6, 6.07) is 5.29. The number of carbonyl (C=O) groups is 2. The molecule has 0 unspecified atom stereocenters. The molecule has 6 heteroatoms. The molecule has 0 aliphatic carbocycles. The Labute approximate surface area is 123 Å². The van der Waals surface area contributed by atoms with Crippen molar-refractivity contribution in [3.63, 3.8) is 0 Å². The summed E-state index contributed by atoms with van der Waals surface area (Å²) in [5.41, 5.74) is 2.23. The third-order valence-electron chi connectivity index (χ3n) is 3.17. The summed E-state index contributed by atoms with van der Waals surface area (Å²) in [5, 5.41) is 5.56. The van der Waals surface area contributed by atoms with Gasteiger partial charge in [0.05, 0.1) is 17.4 Å². The number of hydrogen-bond donors (Lipinski definition) is 3. The van der Waals surface area contributed by atoms with Gasteiger partial charge in [-0.2, -0.15) is 0 Å². The monoisotopic (exact) mass is 288 g/mol. The predicted molar refractivity (Wildman–Crippen MR) is 81.0 cm³/mol. The predicted octanol–water partition coefficient (Wildman–Crippen LogP) is 1.60. The van der Waals surface area contributed by atoms with Gasteiger partial charge in [0.15, 0.2) is 0 Å². The second kappa shape index (κ2) is 7.42. The number of fused-ring (bicyclic) bond motifs is 1. The van der Waals surface area contributed by atoms with E-state index in [1.54, 1.807) is 24.5 Å². The molecule has 21 heavy (non-hydrogen) atoms. The van der Waals surface area contributed by atoms with Crippen LogP contribution in [0.1, 0.15) is 36.5 Å². The maximum Gasteiger partial charge on any atom is 0.251 e. The Balaban J connectivity index is 1.75. The summed E-state index contributed by atoms with van der Waals surface area (Å²) >= 11 is 0. The molecule has 0 aliphatic rings. The van der Waals surface area contributed by atoms with Gasteiger partial charge < -0.3 is 15.6 Å². The van der Waals surface area contributed by atoms with E-state index in [9.17, 15) is 9.59 Å². The molecule has 0 saturated heterocycles. The lowest BCUT2D eigenvalue weighted by atomic mass is 10.2. The van der Waals surface area contributed by atoms with E-state index in [1.165, 1.54) is 0 Å². The highest BCUT2D eigenvalue weighted by Gasteiger charge is 2.07. The average Bonchev–Trinajstić information content (AvgIpc) is 2.96. The van der Waals surface area contributed by atoms with E-state index in [-0.39, 0.29) is 11.8 Å². The zero-order valence-electron chi connectivity index (χ0n) is 12.1. The molecule has 0 radical (unpaired) electrons. The molecule has 2 aromatic rings. The standard InChI is InChI=1S/C15H20N4O2/c1-2-3-4-14(20)16-7-8-17-15(21)11-5-6-12-13(9-11)19-10-18-12/h5-6,9-10H,2-4,7-8H2,1H3,(H,16,20)(H,17,21)(H,18,19). The number of hydrogen-bond acceptors (Lipinski definition) is 3. The highest BCUT2D eigenvalue weighted by atomic mass is 16.2. The molecule has 0 fully saturated rings. The molecule has 0 aliphatic heterocycles. The topological polar surface area (TPSA) is 86.9 Å². The molecule has 0 spiro atoms. The molecule has 0 saturated carbocycles. The first-order valence-corrected chi connectivity index (χ1v) is 7.18. The zero-order valence-corrected chi connectivity index (χ0v) is 12.1. The summed E-state index contributed by atoms with van der Waals surface area (Å²) in [7, 11) is 0. The van der Waals surface area contributed by atoms with Crippen molar-refractivity contribution in [2.24, 2.45) is 0 Å². The first-order valence-electron chi connectivity index (χ1n) is 7.18. The van der Waals surface area contributed by atoms with E-state index in [0.29, 0.717) is 25.1 Å². The molecule has 2 rings (SSSR count). The van der Waals surface area contributed by atoms with E-state index in [4.69, 9.17) is 0 Å². The Kier molecular flexibility index (Phi) is 5.31. The maximum atomic E-state index is 12.0. The Morgan fingerprint density at radius 2 is 2.05 bits per heavy atom. The van der Waals surface area contributed by atoms with Gasteiger partial charge in [0.25, 0.3) is 5.91 Å². The van der Waals surface area contributed by atoms with E-state index in [2.05, 4.69) is 20.6 Å². The van der Waals surface area contributed by atoms with Crippen LogP contribution in [0.15, 0.2) is 24.5 Å². The van der Waals surface area contributed by atoms with Gasteiger partial charge in [-0.1, -0.05) is 13.3 Å². The smallest absolute Gasteiger partial charge is 0.251 e. The van der Waals surface area contributed by atoms with Crippen LogP contribution in [0.3, 0.4) is 0 Å². The Morgan fingerprint density at radius 3 is 2.86 bits per heavy atom. The second-order valence-corrected chi connectivity index (χ2v) is 4.84. The number of rotatable bonds is 7. The summed E-state index contributed by atoms with van der Waals surface area (Å²) in [4.78, 5) is 30.4. The van der Waals surface area contributed by atoms with Crippen LogP contribution in [0.4, 0.5) is 0 Å². The van der Waals surface area contributed by atoms with Gasteiger partial charge in [0.1, 0.15) is 0 Å². The molecule has 1 aromatic heterocycles. The third-order valence-corrected chi connectivity index (χ3v) is 3.17. The van der Waals surface area contributed by atoms with Crippen molar-refractivity contribution >= 4 is 22.8 Å². The number of H-pyrrole nitrogens is 1. The molecular weight excluding hydrogens is 268 g/mol. The molecular formula is C15H20N4O2. The van der Waals surface area contributed by atoms with Gasteiger partial charge in [-0.15, -0.1) is 0 Å². The van der Waals surface area contributed by atoms with E-state index >= 15 is 0 Å². The van der Waals surface area contributed by atoms with Crippen molar-refractivity contribution in [3.8, 4) is 0 Å². The highest BCUT2D eigenvalue weighted by Crippen LogP contribution is 2.11. The first-order chi connectivity index (χ1) is 10.2.